The van der Waals surface area contributed by atoms with E-state index in [9.17, 15) is 13.6 Å². The molecule has 2 unspecified atom stereocenters. The van der Waals surface area contributed by atoms with E-state index in [1.807, 2.05) is 0 Å². The summed E-state index contributed by atoms with van der Waals surface area (Å²) in [7, 11) is 0. The smallest absolute Gasteiger partial charge is 0.249 e. The van der Waals surface area contributed by atoms with Crippen LogP contribution in [0, 0.1) is 11.6 Å². The Morgan fingerprint density at radius 2 is 2.00 bits per heavy atom. The second-order valence-corrected chi connectivity index (χ2v) is 4.88. The number of nitrogens with two attached hydrogens (primary N) is 1. The van der Waals surface area contributed by atoms with Crippen molar-refractivity contribution in [3.8, 4) is 0 Å². The van der Waals surface area contributed by atoms with Crippen LogP contribution < -0.4 is 11.1 Å². The Balaban J connectivity index is 1.77. The van der Waals surface area contributed by atoms with Crippen LogP contribution in [0.25, 0.3) is 0 Å². The van der Waals surface area contributed by atoms with Gasteiger partial charge in [-0.2, -0.15) is 0 Å². The van der Waals surface area contributed by atoms with Crippen LogP contribution in [-0.2, 0) is 16.0 Å². The minimum absolute atomic E-state index is 0.0527. The molecule has 1 amide bonds. The standard InChI is InChI=1S/C14H18F2N2O2/c15-10-5-9(6-11(16)7-10)3-4-18-14(19)13-2-1-12(8-17)20-13/h5-7,12-13H,1-4,8,17H2,(H,18,19). The van der Waals surface area contributed by atoms with Crippen molar-refractivity contribution in [2.75, 3.05) is 13.1 Å². The van der Waals surface area contributed by atoms with Crippen LogP contribution in [0.5, 0.6) is 0 Å². The van der Waals surface area contributed by atoms with Gasteiger partial charge < -0.3 is 15.8 Å². The van der Waals surface area contributed by atoms with Crippen molar-refractivity contribution < 1.29 is 18.3 Å². The number of hydrogen-bond donors (Lipinski definition) is 2. The average Bonchev–Trinajstić information content (AvgIpc) is 2.86. The number of nitrogens with one attached hydrogen (secondary N) is 1. The molecule has 2 rings (SSSR count). The topological polar surface area (TPSA) is 64.4 Å². The van der Waals surface area contributed by atoms with E-state index in [1.165, 1.54) is 12.1 Å². The summed E-state index contributed by atoms with van der Waals surface area (Å²) in [5, 5.41) is 2.71. The highest BCUT2D eigenvalue weighted by molar-refractivity contribution is 5.81. The summed E-state index contributed by atoms with van der Waals surface area (Å²) in [6.45, 7) is 0.723. The van der Waals surface area contributed by atoms with E-state index < -0.39 is 17.7 Å². The molecule has 1 fully saturated rings. The molecule has 1 aromatic rings. The lowest BCUT2D eigenvalue weighted by atomic mass is 10.1. The zero-order valence-electron chi connectivity index (χ0n) is 11.1. The third kappa shape index (κ3) is 3.98. The van der Waals surface area contributed by atoms with Crippen molar-refractivity contribution in [1.82, 2.24) is 5.32 Å². The largest absolute Gasteiger partial charge is 0.364 e. The molecule has 1 saturated heterocycles. The van der Waals surface area contributed by atoms with Gasteiger partial charge in [0.15, 0.2) is 0 Å². The van der Waals surface area contributed by atoms with Crippen LogP contribution in [0.15, 0.2) is 18.2 Å². The molecule has 1 aromatic carbocycles. The lowest BCUT2D eigenvalue weighted by molar-refractivity contribution is -0.131. The highest BCUT2D eigenvalue weighted by Gasteiger charge is 2.29. The molecular weight excluding hydrogens is 266 g/mol. The third-order valence-electron chi connectivity index (χ3n) is 3.30. The summed E-state index contributed by atoms with van der Waals surface area (Å²) in [4.78, 5) is 11.8. The molecule has 6 heteroatoms. The molecule has 20 heavy (non-hydrogen) atoms. The number of hydrogen-bond acceptors (Lipinski definition) is 3. The lowest BCUT2D eigenvalue weighted by Gasteiger charge is -2.12. The molecule has 0 radical (unpaired) electrons. The van der Waals surface area contributed by atoms with Crippen molar-refractivity contribution in [2.24, 2.45) is 5.73 Å². The third-order valence-corrected chi connectivity index (χ3v) is 3.30. The van der Waals surface area contributed by atoms with Gasteiger partial charge >= 0.3 is 0 Å². The van der Waals surface area contributed by atoms with Gasteiger partial charge in [-0.05, 0) is 37.0 Å². The van der Waals surface area contributed by atoms with Crippen LogP contribution in [0.2, 0.25) is 0 Å². The molecule has 1 aliphatic heterocycles. The first kappa shape index (κ1) is 14.9. The van der Waals surface area contributed by atoms with Gasteiger partial charge in [0.2, 0.25) is 5.91 Å². The Labute approximate surface area is 116 Å². The Bertz CT molecular complexity index is 462. The van der Waals surface area contributed by atoms with Gasteiger partial charge in [-0.25, -0.2) is 8.78 Å². The highest BCUT2D eigenvalue weighted by Crippen LogP contribution is 2.18. The molecule has 0 bridgehead atoms. The number of halogens is 2. The highest BCUT2D eigenvalue weighted by atomic mass is 19.1. The van der Waals surface area contributed by atoms with E-state index in [2.05, 4.69) is 5.32 Å². The fourth-order valence-electron chi connectivity index (χ4n) is 2.27. The maximum absolute atomic E-state index is 13.0. The number of amides is 1. The van der Waals surface area contributed by atoms with Crippen molar-refractivity contribution in [2.45, 2.75) is 31.5 Å². The normalized spacial score (nSPS) is 21.9. The van der Waals surface area contributed by atoms with Crippen molar-refractivity contribution in [3.63, 3.8) is 0 Å². The summed E-state index contributed by atoms with van der Waals surface area (Å²) in [5.74, 6) is -1.43. The lowest BCUT2D eigenvalue weighted by Crippen LogP contribution is -2.36. The number of rotatable bonds is 5. The minimum Gasteiger partial charge on any atom is -0.364 e. The van der Waals surface area contributed by atoms with Gasteiger partial charge in [0.1, 0.15) is 17.7 Å². The van der Waals surface area contributed by atoms with Crippen LogP contribution in [0.4, 0.5) is 8.78 Å². The molecule has 4 nitrogen and oxygen atoms in total. The molecule has 0 spiro atoms. The zero-order valence-corrected chi connectivity index (χ0v) is 11.1. The summed E-state index contributed by atoms with van der Waals surface area (Å²) in [6, 6.07) is 3.33. The van der Waals surface area contributed by atoms with E-state index in [4.69, 9.17) is 10.5 Å². The van der Waals surface area contributed by atoms with E-state index in [1.54, 1.807) is 0 Å². The minimum atomic E-state index is -0.615. The predicted molar refractivity (Wildman–Crippen MR) is 70.0 cm³/mol. The van der Waals surface area contributed by atoms with Gasteiger partial charge in [-0.15, -0.1) is 0 Å². The van der Waals surface area contributed by atoms with Crippen LogP contribution in [0.3, 0.4) is 0 Å². The molecule has 2 atom stereocenters. The van der Waals surface area contributed by atoms with Gasteiger partial charge in [0.05, 0.1) is 6.10 Å². The Morgan fingerprint density at radius 3 is 2.60 bits per heavy atom. The SMILES string of the molecule is NCC1CCC(C(=O)NCCc2cc(F)cc(F)c2)O1. The van der Waals surface area contributed by atoms with Crippen LogP contribution in [0.1, 0.15) is 18.4 Å². The molecule has 3 N–H and O–H groups in total. The number of ether oxygens (including phenoxy) is 1. The van der Waals surface area contributed by atoms with Crippen LogP contribution in [-0.4, -0.2) is 31.2 Å². The number of carbonyl (C=O) groups excluding carboxylic acids is 1. The Hall–Kier alpha value is -1.53. The molecular formula is C14H18F2N2O2. The second-order valence-electron chi connectivity index (χ2n) is 4.88. The summed E-state index contributed by atoms with van der Waals surface area (Å²) < 4.78 is 31.4. The Kier molecular flexibility index (Phi) is 5.03. The molecule has 1 heterocycles. The quantitative estimate of drug-likeness (QED) is 0.852. The average molecular weight is 284 g/mol. The molecule has 0 aliphatic carbocycles. The molecule has 0 saturated carbocycles. The van der Waals surface area contributed by atoms with E-state index in [0.29, 0.717) is 31.5 Å². The van der Waals surface area contributed by atoms with Gasteiger partial charge in [0.25, 0.3) is 0 Å². The summed E-state index contributed by atoms with van der Waals surface area (Å²) in [6.07, 6.45) is 1.29. The van der Waals surface area contributed by atoms with Gasteiger partial charge in [0, 0.05) is 19.2 Å². The maximum Gasteiger partial charge on any atom is 0.249 e. The first-order valence-corrected chi connectivity index (χ1v) is 6.66. The summed E-state index contributed by atoms with van der Waals surface area (Å²) >= 11 is 0. The van der Waals surface area contributed by atoms with E-state index in [0.717, 1.165) is 12.5 Å². The van der Waals surface area contributed by atoms with Crippen molar-refractivity contribution in [1.29, 1.82) is 0 Å². The predicted octanol–water partition coefficient (Wildman–Crippen LogP) is 1.13. The fourth-order valence-corrected chi connectivity index (χ4v) is 2.27. The zero-order chi connectivity index (χ0) is 14.5. The number of benzene rings is 1. The van der Waals surface area contributed by atoms with E-state index in [-0.39, 0.29) is 12.0 Å². The monoisotopic (exact) mass is 284 g/mol. The van der Waals surface area contributed by atoms with Crippen LogP contribution >= 0.6 is 0 Å². The Morgan fingerprint density at radius 1 is 1.30 bits per heavy atom. The van der Waals surface area contributed by atoms with Gasteiger partial charge in [-0.1, -0.05) is 0 Å². The molecule has 0 aromatic heterocycles. The van der Waals surface area contributed by atoms with E-state index >= 15 is 0 Å². The molecule has 1 aliphatic rings. The number of carbonyl (C=O) groups is 1. The maximum atomic E-state index is 13.0. The van der Waals surface area contributed by atoms with Crippen molar-refractivity contribution in [3.05, 3.63) is 35.4 Å². The van der Waals surface area contributed by atoms with Gasteiger partial charge in [-0.3, -0.25) is 4.79 Å². The summed E-state index contributed by atoms with van der Waals surface area (Å²) in [5.41, 5.74) is 5.98. The first-order valence-electron chi connectivity index (χ1n) is 6.66. The fraction of sp³-hybridized carbons (Fsp3) is 0.500. The first-order chi connectivity index (χ1) is 9.58. The second kappa shape index (κ2) is 6.76. The van der Waals surface area contributed by atoms with Crippen molar-refractivity contribution >= 4 is 5.91 Å². The molecule has 110 valence electrons.